The molecule has 5 rings (SSSR count). The van der Waals surface area contributed by atoms with Crippen LogP contribution in [0.4, 0.5) is 4.79 Å². The molecule has 0 unspecified atom stereocenters. The lowest BCUT2D eigenvalue weighted by Crippen LogP contribution is -2.26. The van der Waals surface area contributed by atoms with E-state index in [9.17, 15) is 4.79 Å². The van der Waals surface area contributed by atoms with Gasteiger partial charge in [0.15, 0.2) is 11.5 Å². The van der Waals surface area contributed by atoms with E-state index in [1.165, 1.54) is 22.3 Å². The average molecular weight is 442 g/mol. The third kappa shape index (κ3) is 4.72. The Labute approximate surface area is 194 Å². The topological polar surface area (TPSA) is 56.8 Å². The highest BCUT2D eigenvalue weighted by atomic mass is 16.5. The molecule has 1 N–H and O–H groups in total. The lowest BCUT2D eigenvalue weighted by atomic mass is 9.98. The molecule has 0 radical (unpaired) electrons. The number of hydrogen-bond donors (Lipinski definition) is 1. The Morgan fingerprint density at radius 2 is 1.64 bits per heavy atom. The minimum atomic E-state index is -0.388. The summed E-state index contributed by atoms with van der Waals surface area (Å²) in [5.41, 5.74) is 5.92. The van der Waals surface area contributed by atoms with Crippen LogP contribution in [-0.4, -0.2) is 32.5 Å². The largest absolute Gasteiger partial charge is 0.490 e. The van der Waals surface area contributed by atoms with Crippen LogP contribution in [0.1, 0.15) is 35.4 Å². The molecule has 1 aliphatic heterocycles. The van der Waals surface area contributed by atoms with Crippen molar-refractivity contribution in [1.82, 2.24) is 5.32 Å². The second-order valence-corrected chi connectivity index (χ2v) is 8.20. The molecule has 0 atom stereocenters. The number of fused-ring (bicyclic) bond motifs is 4. The highest BCUT2D eigenvalue weighted by Crippen LogP contribution is 2.44. The molecule has 0 bridgehead atoms. The molecule has 0 aromatic heterocycles. The summed E-state index contributed by atoms with van der Waals surface area (Å²) in [6, 6.07) is 22.6. The Kier molecular flexibility index (Phi) is 6.29. The van der Waals surface area contributed by atoms with Crippen LogP contribution in [-0.2, 0) is 4.74 Å². The maximum Gasteiger partial charge on any atom is 0.407 e. The van der Waals surface area contributed by atoms with Crippen LogP contribution in [0.3, 0.4) is 0 Å². The first kappa shape index (κ1) is 21.1. The SMILES string of the molecule is O=C(NCCC=Cc1ccc2c(c1)OCCCO2)OCC1c2ccccc2-c2ccccc21. The Bertz CT molecular complexity index is 1120. The first-order valence-electron chi connectivity index (χ1n) is 11.4. The Morgan fingerprint density at radius 1 is 0.939 bits per heavy atom. The van der Waals surface area contributed by atoms with Gasteiger partial charge < -0.3 is 19.5 Å². The highest BCUT2D eigenvalue weighted by Gasteiger charge is 2.28. The Morgan fingerprint density at radius 3 is 2.39 bits per heavy atom. The summed E-state index contributed by atoms with van der Waals surface area (Å²) in [5, 5.41) is 2.84. The van der Waals surface area contributed by atoms with E-state index in [2.05, 4.69) is 29.6 Å². The van der Waals surface area contributed by atoms with Gasteiger partial charge in [-0.15, -0.1) is 0 Å². The molecule has 168 valence electrons. The van der Waals surface area contributed by atoms with Gasteiger partial charge in [-0.1, -0.05) is 66.7 Å². The van der Waals surface area contributed by atoms with Crippen molar-refractivity contribution in [3.05, 3.63) is 89.5 Å². The van der Waals surface area contributed by atoms with Gasteiger partial charge in [0, 0.05) is 18.9 Å². The van der Waals surface area contributed by atoms with Crippen molar-refractivity contribution in [2.24, 2.45) is 0 Å². The molecule has 3 aromatic rings. The first-order valence-corrected chi connectivity index (χ1v) is 11.4. The maximum atomic E-state index is 12.3. The number of alkyl carbamates (subject to hydrolysis) is 1. The zero-order chi connectivity index (χ0) is 22.5. The predicted molar refractivity (Wildman–Crippen MR) is 129 cm³/mol. The van der Waals surface area contributed by atoms with Gasteiger partial charge >= 0.3 is 6.09 Å². The van der Waals surface area contributed by atoms with Gasteiger partial charge in [0.05, 0.1) is 13.2 Å². The first-order chi connectivity index (χ1) is 16.3. The molecule has 0 spiro atoms. The second kappa shape index (κ2) is 9.82. The molecule has 5 nitrogen and oxygen atoms in total. The molecule has 0 saturated heterocycles. The number of benzene rings is 3. The van der Waals surface area contributed by atoms with Crippen LogP contribution < -0.4 is 14.8 Å². The van der Waals surface area contributed by atoms with Gasteiger partial charge in [-0.2, -0.15) is 0 Å². The van der Waals surface area contributed by atoms with Crippen molar-refractivity contribution in [2.75, 3.05) is 26.4 Å². The molecule has 3 aromatic carbocycles. The number of hydrogen-bond acceptors (Lipinski definition) is 4. The number of carbonyl (C=O) groups excluding carboxylic acids is 1. The quantitative estimate of drug-likeness (QED) is 0.492. The van der Waals surface area contributed by atoms with E-state index in [-0.39, 0.29) is 12.0 Å². The van der Waals surface area contributed by atoms with Gasteiger partial charge in [0.25, 0.3) is 0 Å². The molecule has 5 heteroatoms. The zero-order valence-corrected chi connectivity index (χ0v) is 18.5. The summed E-state index contributed by atoms with van der Waals surface area (Å²) in [4.78, 5) is 12.3. The lowest BCUT2D eigenvalue weighted by Gasteiger charge is -2.14. The summed E-state index contributed by atoms with van der Waals surface area (Å²) in [6.45, 7) is 2.19. The molecule has 33 heavy (non-hydrogen) atoms. The van der Waals surface area contributed by atoms with Gasteiger partial charge in [0.1, 0.15) is 6.61 Å². The molecular formula is C28H27NO4. The van der Waals surface area contributed by atoms with Gasteiger partial charge in [-0.3, -0.25) is 0 Å². The van der Waals surface area contributed by atoms with E-state index < -0.39 is 0 Å². The van der Waals surface area contributed by atoms with E-state index in [1.54, 1.807) is 0 Å². The number of amides is 1. The summed E-state index contributed by atoms with van der Waals surface area (Å²) < 4.78 is 17.0. The van der Waals surface area contributed by atoms with E-state index in [0.29, 0.717) is 32.8 Å². The van der Waals surface area contributed by atoms with Crippen molar-refractivity contribution in [1.29, 1.82) is 0 Å². The Hall–Kier alpha value is -3.73. The summed E-state index contributed by atoms with van der Waals surface area (Å²) in [6.07, 6.45) is 5.26. The average Bonchev–Trinajstić information content (AvgIpc) is 2.98. The number of ether oxygens (including phenoxy) is 3. The third-order valence-electron chi connectivity index (χ3n) is 6.01. The van der Waals surface area contributed by atoms with Gasteiger partial charge in [-0.25, -0.2) is 4.79 Å². The standard InChI is InChI=1S/C28H27NO4/c30-28(29-15-6-5-8-20-13-14-26-27(18-20)32-17-7-16-31-26)33-19-25-23-11-3-1-9-21(23)22-10-2-4-12-24(22)25/h1-5,8-14,18,25H,6-7,15-17,19H2,(H,29,30). The van der Waals surface area contributed by atoms with E-state index in [1.807, 2.05) is 54.6 Å². The molecule has 1 heterocycles. The zero-order valence-electron chi connectivity index (χ0n) is 18.5. The number of nitrogens with one attached hydrogen (secondary N) is 1. The molecular weight excluding hydrogens is 414 g/mol. The van der Waals surface area contributed by atoms with Crippen LogP contribution in [0.25, 0.3) is 17.2 Å². The second-order valence-electron chi connectivity index (χ2n) is 8.20. The third-order valence-corrected chi connectivity index (χ3v) is 6.01. The van der Waals surface area contributed by atoms with E-state index >= 15 is 0 Å². The fraction of sp³-hybridized carbons (Fsp3) is 0.250. The van der Waals surface area contributed by atoms with Crippen LogP contribution >= 0.6 is 0 Å². The molecule has 0 fully saturated rings. The van der Waals surface area contributed by atoms with Crippen LogP contribution in [0.5, 0.6) is 11.5 Å². The minimum Gasteiger partial charge on any atom is -0.490 e. The molecule has 1 aliphatic carbocycles. The summed E-state index contributed by atoms with van der Waals surface area (Å²) >= 11 is 0. The molecule has 0 saturated carbocycles. The van der Waals surface area contributed by atoms with Gasteiger partial charge in [-0.05, 0) is 46.4 Å². The molecule has 2 aliphatic rings. The fourth-order valence-corrected chi connectivity index (χ4v) is 4.41. The van der Waals surface area contributed by atoms with Crippen molar-refractivity contribution in [3.8, 4) is 22.6 Å². The number of carbonyl (C=O) groups is 1. The molecule has 1 amide bonds. The normalized spacial score (nSPS) is 14.4. The lowest BCUT2D eigenvalue weighted by molar-refractivity contribution is 0.143. The fourth-order valence-electron chi connectivity index (χ4n) is 4.41. The Balaban J connectivity index is 1.10. The predicted octanol–water partition coefficient (Wildman–Crippen LogP) is 5.79. The van der Waals surface area contributed by atoms with Crippen molar-refractivity contribution in [3.63, 3.8) is 0 Å². The van der Waals surface area contributed by atoms with Crippen molar-refractivity contribution in [2.45, 2.75) is 18.8 Å². The van der Waals surface area contributed by atoms with Crippen molar-refractivity contribution < 1.29 is 19.0 Å². The monoisotopic (exact) mass is 441 g/mol. The highest BCUT2D eigenvalue weighted by molar-refractivity contribution is 5.79. The van der Waals surface area contributed by atoms with Crippen LogP contribution in [0.15, 0.2) is 72.8 Å². The summed E-state index contributed by atoms with van der Waals surface area (Å²) in [5.74, 6) is 1.65. The van der Waals surface area contributed by atoms with E-state index in [0.717, 1.165) is 23.5 Å². The van der Waals surface area contributed by atoms with Crippen LogP contribution in [0.2, 0.25) is 0 Å². The number of rotatable bonds is 6. The van der Waals surface area contributed by atoms with Crippen LogP contribution in [0, 0.1) is 0 Å². The maximum absolute atomic E-state index is 12.3. The van der Waals surface area contributed by atoms with Gasteiger partial charge in [0.2, 0.25) is 0 Å². The smallest absolute Gasteiger partial charge is 0.407 e. The van der Waals surface area contributed by atoms with E-state index in [4.69, 9.17) is 14.2 Å². The summed E-state index contributed by atoms with van der Waals surface area (Å²) in [7, 11) is 0. The van der Waals surface area contributed by atoms with Crippen molar-refractivity contribution >= 4 is 12.2 Å². The minimum absolute atomic E-state index is 0.0717.